The summed E-state index contributed by atoms with van der Waals surface area (Å²) in [5, 5.41) is 10.5. The van der Waals surface area contributed by atoms with Gasteiger partial charge in [-0.05, 0) is 48.9 Å². The predicted molar refractivity (Wildman–Crippen MR) is 128 cm³/mol. The molecule has 0 fully saturated rings. The van der Waals surface area contributed by atoms with Gasteiger partial charge in [0.05, 0.1) is 14.2 Å². The Morgan fingerprint density at radius 2 is 1.71 bits per heavy atom. The fraction of sp³-hybridized carbons (Fsp3) is 0.167. The third-order valence-electron chi connectivity index (χ3n) is 5.15. The minimum absolute atomic E-state index is 0.0508. The minimum atomic E-state index is -1.28. The number of nitrogens with zero attached hydrogens (tertiary/aromatic N) is 1. The first kappa shape index (κ1) is 25.0. The van der Waals surface area contributed by atoms with Crippen LogP contribution in [-0.4, -0.2) is 36.9 Å². The molecule has 0 aliphatic heterocycles. The number of anilines is 1. The summed E-state index contributed by atoms with van der Waals surface area (Å²) in [5.74, 6) is -1.78. The van der Waals surface area contributed by atoms with Crippen molar-refractivity contribution >= 4 is 23.3 Å². The average Bonchev–Trinajstić information content (AvgIpc) is 2.86. The molecule has 0 saturated heterocycles. The number of halogens is 1. The fourth-order valence-electron chi connectivity index (χ4n) is 3.27. The van der Waals surface area contributed by atoms with Gasteiger partial charge in [-0.3, -0.25) is 30.8 Å². The molecule has 1 heterocycles. The summed E-state index contributed by atoms with van der Waals surface area (Å²) in [4.78, 5) is 29.6. The van der Waals surface area contributed by atoms with Crippen LogP contribution >= 0.6 is 0 Å². The first-order valence-electron chi connectivity index (χ1n) is 10.4. The molecular formula is C24H25FN6O4. The Labute approximate surface area is 201 Å². The van der Waals surface area contributed by atoms with E-state index in [0.29, 0.717) is 22.4 Å². The lowest BCUT2D eigenvalue weighted by Gasteiger charge is -2.22. The van der Waals surface area contributed by atoms with Gasteiger partial charge in [0.25, 0.3) is 11.8 Å². The van der Waals surface area contributed by atoms with E-state index in [1.807, 2.05) is 0 Å². The summed E-state index contributed by atoms with van der Waals surface area (Å²) in [5.41, 5.74) is 12.0. The van der Waals surface area contributed by atoms with E-state index in [1.165, 1.54) is 38.7 Å². The Kier molecular flexibility index (Phi) is 7.82. The largest absolute Gasteiger partial charge is 0.493 e. The number of amides is 2. The lowest BCUT2D eigenvalue weighted by atomic mass is 10.0. The van der Waals surface area contributed by atoms with E-state index >= 15 is 4.39 Å². The number of ether oxygens (including phenoxy) is 2. The molecular weight excluding hydrogens is 455 g/mol. The predicted octanol–water partition coefficient (Wildman–Crippen LogP) is 2.44. The van der Waals surface area contributed by atoms with Crippen LogP contribution in [0.3, 0.4) is 0 Å². The molecule has 182 valence electrons. The van der Waals surface area contributed by atoms with Crippen LogP contribution in [-0.2, 0) is 4.79 Å². The molecule has 0 bridgehead atoms. The number of nitrogens with two attached hydrogens (primary N) is 1. The average molecular weight is 481 g/mol. The number of rotatable bonds is 8. The zero-order chi connectivity index (χ0) is 25.5. The Balaban J connectivity index is 1.91. The van der Waals surface area contributed by atoms with Gasteiger partial charge in [0.1, 0.15) is 17.7 Å². The number of nitrogens with one attached hydrogen (secondary N) is 4. The summed E-state index contributed by atoms with van der Waals surface area (Å²) in [6.45, 7) is 1.71. The fourth-order valence-corrected chi connectivity index (χ4v) is 3.27. The molecule has 11 heteroatoms. The number of aryl methyl sites for hydroxylation is 1. The van der Waals surface area contributed by atoms with Crippen molar-refractivity contribution in [3.63, 3.8) is 0 Å². The maximum Gasteiger partial charge on any atom is 0.270 e. The second-order valence-electron chi connectivity index (χ2n) is 7.43. The van der Waals surface area contributed by atoms with Gasteiger partial charge in [0, 0.05) is 40.8 Å². The number of nitrogen functional groups attached to an aromatic ring is 1. The van der Waals surface area contributed by atoms with Crippen LogP contribution in [0, 0.1) is 18.2 Å². The highest BCUT2D eigenvalue weighted by Gasteiger charge is 2.27. The van der Waals surface area contributed by atoms with Crippen molar-refractivity contribution in [3.8, 4) is 11.5 Å². The van der Waals surface area contributed by atoms with E-state index in [0.717, 1.165) is 6.07 Å². The second kappa shape index (κ2) is 11.0. The van der Waals surface area contributed by atoms with Gasteiger partial charge in [-0.15, -0.1) is 0 Å². The van der Waals surface area contributed by atoms with Crippen molar-refractivity contribution in [2.75, 3.05) is 19.5 Å². The molecule has 6 N–H and O–H groups in total. The molecule has 0 saturated carbocycles. The summed E-state index contributed by atoms with van der Waals surface area (Å²) >= 11 is 0. The zero-order valence-corrected chi connectivity index (χ0v) is 19.3. The number of aromatic nitrogens is 1. The zero-order valence-electron chi connectivity index (χ0n) is 19.3. The normalized spacial score (nSPS) is 11.2. The molecule has 3 rings (SSSR count). The number of methoxy groups -OCH3 is 2. The number of carbonyl (C=O) groups is 2. The lowest BCUT2D eigenvalue weighted by molar-refractivity contribution is -0.122. The highest BCUT2D eigenvalue weighted by Crippen LogP contribution is 2.33. The lowest BCUT2D eigenvalue weighted by Crippen LogP contribution is -2.45. The highest BCUT2D eigenvalue weighted by molar-refractivity contribution is 5.97. The van der Waals surface area contributed by atoms with Crippen molar-refractivity contribution in [1.82, 2.24) is 15.8 Å². The highest BCUT2D eigenvalue weighted by atomic mass is 19.1. The van der Waals surface area contributed by atoms with Crippen molar-refractivity contribution in [3.05, 3.63) is 82.9 Å². The molecule has 2 aromatic carbocycles. The van der Waals surface area contributed by atoms with Gasteiger partial charge < -0.3 is 20.5 Å². The maximum absolute atomic E-state index is 15.1. The van der Waals surface area contributed by atoms with Crippen LogP contribution in [0.2, 0.25) is 0 Å². The van der Waals surface area contributed by atoms with Gasteiger partial charge in [0.15, 0.2) is 11.5 Å². The minimum Gasteiger partial charge on any atom is -0.493 e. The van der Waals surface area contributed by atoms with Gasteiger partial charge >= 0.3 is 0 Å². The number of hydrogen-bond donors (Lipinski definition) is 5. The molecule has 2 amide bonds. The molecule has 0 radical (unpaired) electrons. The van der Waals surface area contributed by atoms with E-state index < -0.39 is 23.7 Å². The molecule has 1 aromatic heterocycles. The van der Waals surface area contributed by atoms with Gasteiger partial charge in [0.2, 0.25) is 0 Å². The number of hydrazine groups is 1. The maximum atomic E-state index is 15.1. The van der Waals surface area contributed by atoms with Crippen LogP contribution in [0.5, 0.6) is 11.5 Å². The molecule has 1 unspecified atom stereocenters. The van der Waals surface area contributed by atoms with Gasteiger partial charge in [-0.2, -0.15) is 0 Å². The smallest absolute Gasteiger partial charge is 0.270 e. The molecule has 0 spiro atoms. The summed E-state index contributed by atoms with van der Waals surface area (Å²) < 4.78 is 25.4. The summed E-state index contributed by atoms with van der Waals surface area (Å²) in [6.07, 6.45) is 2.97. The van der Waals surface area contributed by atoms with Crippen LogP contribution in [0.15, 0.2) is 54.9 Å². The number of benzene rings is 2. The number of pyridine rings is 1. The summed E-state index contributed by atoms with van der Waals surface area (Å²) in [6, 6.07) is 9.02. The molecule has 0 aliphatic rings. The second-order valence-corrected chi connectivity index (χ2v) is 7.43. The topological polar surface area (TPSA) is 151 Å². The van der Waals surface area contributed by atoms with E-state index in [1.54, 1.807) is 31.2 Å². The van der Waals surface area contributed by atoms with Crippen molar-refractivity contribution in [2.45, 2.75) is 13.0 Å². The molecule has 10 nitrogen and oxygen atoms in total. The monoisotopic (exact) mass is 480 g/mol. The number of amidine groups is 1. The van der Waals surface area contributed by atoms with Crippen molar-refractivity contribution in [2.24, 2.45) is 5.73 Å². The molecule has 0 aliphatic carbocycles. The number of hydrogen-bond acceptors (Lipinski definition) is 7. The number of carbonyl (C=O) groups excluding carboxylic acids is 2. The van der Waals surface area contributed by atoms with Gasteiger partial charge in [-0.25, -0.2) is 4.39 Å². The van der Waals surface area contributed by atoms with E-state index in [9.17, 15) is 9.59 Å². The molecule has 3 aromatic rings. The van der Waals surface area contributed by atoms with Gasteiger partial charge in [-0.1, -0.05) is 0 Å². The third kappa shape index (κ3) is 5.82. The Bertz CT molecular complexity index is 1250. The Hall–Kier alpha value is -4.67. The summed E-state index contributed by atoms with van der Waals surface area (Å²) in [7, 11) is 2.76. The first-order valence-corrected chi connectivity index (χ1v) is 10.4. The first-order chi connectivity index (χ1) is 16.7. The van der Waals surface area contributed by atoms with E-state index in [-0.39, 0.29) is 22.9 Å². The van der Waals surface area contributed by atoms with Crippen molar-refractivity contribution < 1.29 is 23.5 Å². The standard InChI is InChI=1S/C24H25FN6O4/c1-13-12-28-9-8-16(13)23(32)30-31-24(33)21(29-15-6-4-14(5-7-15)22(26)27)17-10-19(34-2)20(35-3)11-18(17)25/h4-12,21,29H,1-3H3,(H3,26,27)(H,30,32)(H,31,33). The van der Waals surface area contributed by atoms with Crippen LogP contribution < -0.4 is 31.4 Å². The molecule has 1 atom stereocenters. The molecule has 35 heavy (non-hydrogen) atoms. The third-order valence-corrected chi connectivity index (χ3v) is 5.15. The van der Waals surface area contributed by atoms with E-state index in [2.05, 4.69) is 21.2 Å². The van der Waals surface area contributed by atoms with Crippen LogP contribution in [0.4, 0.5) is 10.1 Å². The Morgan fingerprint density at radius 3 is 2.31 bits per heavy atom. The SMILES string of the molecule is COc1cc(F)c(C(Nc2ccc(C(=N)N)cc2)C(=O)NNC(=O)c2ccncc2C)cc1OC. The quantitative estimate of drug-likeness (QED) is 0.189. The van der Waals surface area contributed by atoms with Crippen LogP contribution in [0.25, 0.3) is 0 Å². The van der Waals surface area contributed by atoms with Crippen LogP contribution in [0.1, 0.15) is 33.1 Å². The Morgan fingerprint density at radius 1 is 1.06 bits per heavy atom. The van der Waals surface area contributed by atoms with Crippen molar-refractivity contribution in [1.29, 1.82) is 5.41 Å². The van der Waals surface area contributed by atoms with E-state index in [4.69, 9.17) is 20.6 Å².